The van der Waals surface area contributed by atoms with Crippen molar-refractivity contribution in [3.05, 3.63) is 39.1 Å². The summed E-state index contributed by atoms with van der Waals surface area (Å²) >= 11 is 3.23. The van der Waals surface area contributed by atoms with Crippen LogP contribution in [0.3, 0.4) is 0 Å². The lowest BCUT2D eigenvalue weighted by Gasteiger charge is -2.13. The van der Waals surface area contributed by atoms with E-state index in [2.05, 4.69) is 41.4 Å². The van der Waals surface area contributed by atoms with E-state index in [0.29, 0.717) is 16.0 Å². The quantitative estimate of drug-likeness (QED) is 0.660. The predicted octanol–water partition coefficient (Wildman–Crippen LogP) is 2.04. The SMILES string of the molecule is CC(Nc1c(Br)cncc1[N+](=O)[O-])c1ncn[nH]1. The highest BCUT2D eigenvalue weighted by molar-refractivity contribution is 9.10. The molecule has 0 radical (unpaired) electrons. The second-order valence-corrected chi connectivity index (χ2v) is 4.36. The molecule has 0 saturated heterocycles. The summed E-state index contributed by atoms with van der Waals surface area (Å²) in [4.78, 5) is 18.2. The van der Waals surface area contributed by atoms with E-state index in [4.69, 9.17) is 0 Å². The third-order valence-electron chi connectivity index (χ3n) is 2.28. The van der Waals surface area contributed by atoms with Crippen molar-refractivity contribution >= 4 is 27.3 Å². The van der Waals surface area contributed by atoms with Crippen LogP contribution < -0.4 is 5.32 Å². The van der Waals surface area contributed by atoms with Gasteiger partial charge in [-0.25, -0.2) is 4.98 Å². The van der Waals surface area contributed by atoms with Crippen LogP contribution in [-0.4, -0.2) is 25.1 Å². The second kappa shape index (κ2) is 5.08. The number of nitrogens with one attached hydrogen (secondary N) is 2. The molecule has 0 amide bonds. The van der Waals surface area contributed by atoms with Gasteiger partial charge in [-0.2, -0.15) is 5.10 Å². The molecule has 8 nitrogen and oxygen atoms in total. The van der Waals surface area contributed by atoms with Crippen LogP contribution in [0.15, 0.2) is 23.2 Å². The Bertz CT molecular complexity index is 558. The first kappa shape index (κ1) is 12.4. The molecule has 2 aromatic rings. The summed E-state index contributed by atoms with van der Waals surface area (Å²) < 4.78 is 0.517. The summed E-state index contributed by atoms with van der Waals surface area (Å²) in [5.74, 6) is 0.591. The average molecular weight is 313 g/mol. The molecule has 2 rings (SSSR count). The molecule has 9 heteroatoms. The Kier molecular flexibility index (Phi) is 3.51. The van der Waals surface area contributed by atoms with Crippen LogP contribution in [0.1, 0.15) is 18.8 Å². The molecular weight excluding hydrogens is 304 g/mol. The third-order valence-corrected chi connectivity index (χ3v) is 2.88. The number of aromatic amines is 1. The van der Waals surface area contributed by atoms with Crippen molar-refractivity contribution in [3.63, 3.8) is 0 Å². The number of nitrogens with zero attached hydrogens (tertiary/aromatic N) is 4. The van der Waals surface area contributed by atoms with Crippen molar-refractivity contribution in [2.45, 2.75) is 13.0 Å². The molecule has 0 aliphatic carbocycles. The minimum absolute atomic E-state index is 0.101. The van der Waals surface area contributed by atoms with Crippen LogP contribution in [0.2, 0.25) is 0 Å². The van der Waals surface area contributed by atoms with E-state index in [0.717, 1.165) is 0 Å². The lowest BCUT2D eigenvalue weighted by atomic mass is 10.2. The first-order valence-electron chi connectivity index (χ1n) is 4.99. The number of nitro groups is 1. The van der Waals surface area contributed by atoms with Gasteiger partial charge in [-0.3, -0.25) is 20.2 Å². The number of H-pyrrole nitrogens is 1. The van der Waals surface area contributed by atoms with E-state index < -0.39 is 4.92 Å². The van der Waals surface area contributed by atoms with E-state index in [9.17, 15) is 10.1 Å². The van der Waals surface area contributed by atoms with E-state index in [1.165, 1.54) is 18.7 Å². The highest BCUT2D eigenvalue weighted by atomic mass is 79.9. The zero-order chi connectivity index (χ0) is 13.1. The number of hydrogen-bond acceptors (Lipinski definition) is 6. The standard InChI is InChI=1S/C9H9BrN6O2/c1-5(9-12-4-13-15-9)14-8-6(10)2-11-3-7(8)16(17)18/h2-5H,1H3,(H,11,14)(H,12,13,15). The first-order valence-corrected chi connectivity index (χ1v) is 5.78. The maximum absolute atomic E-state index is 10.9. The minimum atomic E-state index is -0.493. The van der Waals surface area contributed by atoms with Crippen LogP contribution in [0, 0.1) is 10.1 Å². The fourth-order valence-corrected chi connectivity index (χ4v) is 1.85. The van der Waals surface area contributed by atoms with Crippen LogP contribution in [-0.2, 0) is 0 Å². The van der Waals surface area contributed by atoms with Gasteiger partial charge in [-0.15, -0.1) is 0 Å². The zero-order valence-electron chi connectivity index (χ0n) is 9.29. The van der Waals surface area contributed by atoms with Gasteiger partial charge in [0.15, 0.2) is 0 Å². The Morgan fingerprint density at radius 3 is 2.94 bits per heavy atom. The molecule has 0 aliphatic rings. The molecule has 2 aromatic heterocycles. The van der Waals surface area contributed by atoms with Crippen LogP contribution in [0.4, 0.5) is 11.4 Å². The zero-order valence-corrected chi connectivity index (χ0v) is 10.9. The summed E-state index contributed by atoms with van der Waals surface area (Å²) in [5, 5.41) is 20.3. The van der Waals surface area contributed by atoms with Crippen molar-refractivity contribution in [1.82, 2.24) is 20.2 Å². The molecular formula is C9H9BrN6O2. The summed E-state index contributed by atoms with van der Waals surface area (Å²) in [6.07, 6.45) is 4.06. The minimum Gasteiger partial charge on any atom is -0.369 e. The van der Waals surface area contributed by atoms with Gasteiger partial charge >= 0.3 is 5.69 Å². The van der Waals surface area contributed by atoms with Gasteiger partial charge < -0.3 is 5.32 Å². The summed E-state index contributed by atoms with van der Waals surface area (Å²) in [6, 6.07) is -0.245. The van der Waals surface area contributed by atoms with Gasteiger partial charge in [0.25, 0.3) is 0 Å². The van der Waals surface area contributed by atoms with E-state index >= 15 is 0 Å². The van der Waals surface area contributed by atoms with Crippen molar-refractivity contribution in [3.8, 4) is 0 Å². The Balaban J connectivity index is 2.31. The summed E-state index contributed by atoms with van der Waals surface area (Å²) in [7, 11) is 0. The molecule has 1 unspecified atom stereocenters. The Morgan fingerprint density at radius 1 is 1.56 bits per heavy atom. The highest BCUT2D eigenvalue weighted by Gasteiger charge is 2.20. The van der Waals surface area contributed by atoms with Gasteiger partial charge in [0.2, 0.25) is 0 Å². The smallest absolute Gasteiger partial charge is 0.311 e. The number of aromatic nitrogens is 4. The van der Waals surface area contributed by atoms with E-state index in [1.54, 1.807) is 0 Å². The fraction of sp³-hybridized carbons (Fsp3) is 0.222. The van der Waals surface area contributed by atoms with E-state index in [-0.39, 0.29) is 11.7 Å². The molecule has 94 valence electrons. The fourth-order valence-electron chi connectivity index (χ4n) is 1.41. The topological polar surface area (TPSA) is 110 Å². The molecule has 2 heterocycles. The number of halogens is 1. The first-order chi connectivity index (χ1) is 8.59. The molecule has 2 N–H and O–H groups in total. The van der Waals surface area contributed by atoms with Gasteiger partial charge in [0.05, 0.1) is 15.4 Å². The number of hydrogen-bond donors (Lipinski definition) is 2. The summed E-state index contributed by atoms with van der Waals surface area (Å²) in [5.41, 5.74) is 0.259. The largest absolute Gasteiger partial charge is 0.369 e. The maximum Gasteiger partial charge on any atom is 0.311 e. The molecule has 0 fully saturated rings. The molecule has 0 spiro atoms. The molecule has 0 aliphatic heterocycles. The number of anilines is 1. The van der Waals surface area contributed by atoms with Gasteiger partial charge in [0.1, 0.15) is 24.0 Å². The monoisotopic (exact) mass is 312 g/mol. The average Bonchev–Trinajstić information content (AvgIpc) is 2.85. The van der Waals surface area contributed by atoms with Crippen molar-refractivity contribution in [2.75, 3.05) is 5.32 Å². The Labute approximate surface area is 110 Å². The van der Waals surface area contributed by atoms with Gasteiger partial charge in [-0.05, 0) is 22.9 Å². The lowest BCUT2D eigenvalue weighted by molar-refractivity contribution is -0.384. The van der Waals surface area contributed by atoms with Crippen molar-refractivity contribution < 1.29 is 4.92 Å². The maximum atomic E-state index is 10.9. The third kappa shape index (κ3) is 2.45. The molecule has 0 saturated carbocycles. The Hall–Kier alpha value is -2.03. The van der Waals surface area contributed by atoms with Crippen molar-refractivity contribution in [1.29, 1.82) is 0 Å². The van der Waals surface area contributed by atoms with E-state index in [1.807, 2.05) is 6.92 Å². The second-order valence-electron chi connectivity index (χ2n) is 3.51. The number of pyridine rings is 1. The lowest BCUT2D eigenvalue weighted by Crippen LogP contribution is -2.10. The molecule has 18 heavy (non-hydrogen) atoms. The van der Waals surface area contributed by atoms with Crippen LogP contribution >= 0.6 is 15.9 Å². The summed E-state index contributed by atoms with van der Waals surface area (Å²) in [6.45, 7) is 1.82. The number of rotatable bonds is 4. The normalized spacial score (nSPS) is 12.1. The molecule has 0 bridgehead atoms. The Morgan fingerprint density at radius 2 is 2.33 bits per heavy atom. The predicted molar refractivity (Wildman–Crippen MR) is 67.0 cm³/mol. The van der Waals surface area contributed by atoms with Gasteiger partial charge in [-0.1, -0.05) is 0 Å². The van der Waals surface area contributed by atoms with Crippen LogP contribution in [0.25, 0.3) is 0 Å². The van der Waals surface area contributed by atoms with Crippen LogP contribution in [0.5, 0.6) is 0 Å². The molecule has 1 atom stereocenters. The van der Waals surface area contributed by atoms with Gasteiger partial charge in [0, 0.05) is 6.20 Å². The highest BCUT2D eigenvalue weighted by Crippen LogP contribution is 2.33. The van der Waals surface area contributed by atoms with Crippen molar-refractivity contribution in [2.24, 2.45) is 0 Å². The molecule has 0 aromatic carbocycles.